The van der Waals surface area contributed by atoms with Crippen molar-refractivity contribution in [1.82, 2.24) is 5.32 Å². The van der Waals surface area contributed by atoms with Crippen molar-refractivity contribution in [3.05, 3.63) is 0 Å². The summed E-state index contributed by atoms with van der Waals surface area (Å²) in [5, 5.41) is 20.6. The van der Waals surface area contributed by atoms with Gasteiger partial charge < -0.3 is 20.3 Å². The first-order valence-corrected chi connectivity index (χ1v) is 7.06. The molecule has 1 unspecified atom stereocenters. The number of ketones is 1. The second-order valence-electron chi connectivity index (χ2n) is 6.85. The minimum atomic E-state index is -1.22. The number of amides is 1. The number of carboxylic acid groups (broad SMARTS) is 2. The van der Waals surface area contributed by atoms with Crippen LogP contribution in [-0.4, -0.2) is 39.9 Å². The maximum atomic E-state index is 12.3. The highest BCUT2D eigenvalue weighted by atomic mass is 16.4. The maximum absolute atomic E-state index is 12.3. The van der Waals surface area contributed by atoms with Gasteiger partial charge in [-0.1, -0.05) is 13.8 Å². The van der Waals surface area contributed by atoms with Gasteiger partial charge in [-0.3, -0.25) is 9.59 Å². The zero-order valence-corrected chi connectivity index (χ0v) is 13.7. The molecule has 0 heterocycles. The molecule has 0 spiro atoms. The summed E-state index contributed by atoms with van der Waals surface area (Å²) in [5.41, 5.74) is -2.16. The van der Waals surface area contributed by atoms with E-state index >= 15 is 0 Å². The van der Waals surface area contributed by atoms with Crippen LogP contribution in [0, 0.1) is 10.8 Å². The first-order chi connectivity index (χ1) is 9.79. The molecule has 0 aliphatic rings. The number of hydrogen-bond acceptors (Lipinski definition) is 4. The van der Waals surface area contributed by atoms with Crippen LogP contribution < -0.4 is 5.32 Å². The number of carbonyl (C=O) groups excluding carboxylic acids is 2. The van der Waals surface area contributed by atoms with Crippen LogP contribution in [0.3, 0.4) is 0 Å². The van der Waals surface area contributed by atoms with Crippen LogP contribution in [0.5, 0.6) is 0 Å². The van der Waals surface area contributed by atoms with E-state index in [4.69, 9.17) is 10.2 Å². The molecule has 126 valence electrons. The fourth-order valence-corrected chi connectivity index (χ4v) is 2.22. The van der Waals surface area contributed by atoms with Gasteiger partial charge in [0.25, 0.3) is 0 Å². The lowest BCUT2D eigenvalue weighted by Gasteiger charge is -2.32. The molecule has 0 radical (unpaired) electrons. The van der Waals surface area contributed by atoms with Crippen LogP contribution in [0.15, 0.2) is 0 Å². The Balaban J connectivity index is 4.94. The molecular formula is C15H25NO6. The van der Waals surface area contributed by atoms with E-state index in [1.54, 1.807) is 13.8 Å². The van der Waals surface area contributed by atoms with Crippen LogP contribution in [0.4, 0.5) is 0 Å². The van der Waals surface area contributed by atoms with E-state index in [9.17, 15) is 19.2 Å². The summed E-state index contributed by atoms with van der Waals surface area (Å²) in [6, 6.07) is -1.16. The van der Waals surface area contributed by atoms with Crippen molar-refractivity contribution in [2.24, 2.45) is 10.8 Å². The first-order valence-electron chi connectivity index (χ1n) is 7.06. The largest absolute Gasteiger partial charge is 0.481 e. The fraction of sp³-hybridized carbons (Fsp3) is 0.733. The maximum Gasteiger partial charge on any atom is 0.326 e. The second kappa shape index (κ2) is 7.38. The van der Waals surface area contributed by atoms with Gasteiger partial charge in [-0.2, -0.15) is 0 Å². The standard InChI is InChI=1S/C15H25NO6/c1-9(17)6-7-10(11(18)19)16-12(20)14(2,3)8-15(4,5)13(21)22/h10H,6-8H2,1-5H3,(H,16,20)(H,18,19)(H,21,22). The first kappa shape index (κ1) is 20.1. The summed E-state index contributed by atoms with van der Waals surface area (Å²) in [6.07, 6.45) is 0.118. The number of carbonyl (C=O) groups is 4. The Morgan fingerprint density at radius 2 is 1.50 bits per heavy atom. The molecule has 7 heteroatoms. The Morgan fingerprint density at radius 3 is 1.86 bits per heavy atom. The van der Waals surface area contributed by atoms with Crippen molar-refractivity contribution in [2.75, 3.05) is 0 Å². The molecule has 1 amide bonds. The van der Waals surface area contributed by atoms with E-state index < -0.39 is 34.7 Å². The Morgan fingerprint density at radius 1 is 1.00 bits per heavy atom. The van der Waals surface area contributed by atoms with Gasteiger partial charge in [-0.15, -0.1) is 0 Å². The predicted molar refractivity (Wildman–Crippen MR) is 79.3 cm³/mol. The molecule has 22 heavy (non-hydrogen) atoms. The molecule has 0 aliphatic heterocycles. The molecule has 0 aliphatic carbocycles. The Hall–Kier alpha value is -1.92. The summed E-state index contributed by atoms with van der Waals surface area (Å²) in [7, 11) is 0. The van der Waals surface area contributed by atoms with Crippen molar-refractivity contribution in [3.63, 3.8) is 0 Å². The lowest BCUT2D eigenvalue weighted by atomic mass is 9.74. The lowest BCUT2D eigenvalue weighted by Crippen LogP contribution is -2.48. The third-order valence-corrected chi connectivity index (χ3v) is 3.47. The number of Topliss-reactive ketones (excluding diaryl/α,β-unsaturated/α-hetero) is 1. The van der Waals surface area contributed by atoms with Gasteiger partial charge >= 0.3 is 11.9 Å². The minimum Gasteiger partial charge on any atom is -0.481 e. The van der Waals surface area contributed by atoms with Gasteiger partial charge in [0.1, 0.15) is 11.8 Å². The van der Waals surface area contributed by atoms with E-state index in [-0.39, 0.29) is 25.0 Å². The molecule has 0 saturated carbocycles. The number of aliphatic carboxylic acids is 2. The lowest BCUT2D eigenvalue weighted by molar-refractivity contribution is -0.151. The van der Waals surface area contributed by atoms with E-state index in [1.807, 2.05) is 0 Å². The highest BCUT2D eigenvalue weighted by Crippen LogP contribution is 2.34. The van der Waals surface area contributed by atoms with Crippen molar-refractivity contribution in [2.45, 2.75) is 59.9 Å². The summed E-state index contributed by atoms with van der Waals surface area (Å²) in [6.45, 7) is 7.50. The molecule has 1 atom stereocenters. The van der Waals surface area contributed by atoms with E-state index in [0.717, 1.165) is 0 Å². The normalized spacial score (nSPS) is 13.3. The average molecular weight is 315 g/mol. The van der Waals surface area contributed by atoms with Crippen molar-refractivity contribution < 1.29 is 29.4 Å². The Bertz CT molecular complexity index is 467. The van der Waals surface area contributed by atoms with Crippen LogP contribution in [0.1, 0.15) is 53.9 Å². The Labute approximate surface area is 130 Å². The van der Waals surface area contributed by atoms with Crippen LogP contribution in [0.2, 0.25) is 0 Å². The number of hydrogen-bond donors (Lipinski definition) is 3. The van der Waals surface area contributed by atoms with E-state index in [0.29, 0.717) is 0 Å². The zero-order chi connectivity index (χ0) is 17.7. The molecule has 0 saturated heterocycles. The second-order valence-corrected chi connectivity index (χ2v) is 6.85. The number of nitrogens with one attached hydrogen (secondary N) is 1. The zero-order valence-electron chi connectivity index (χ0n) is 13.7. The summed E-state index contributed by atoms with van der Waals surface area (Å²) < 4.78 is 0. The van der Waals surface area contributed by atoms with Gasteiger partial charge in [0, 0.05) is 11.8 Å². The molecule has 0 rings (SSSR count). The summed E-state index contributed by atoms with van der Waals surface area (Å²) in [5.74, 6) is -2.95. The molecule has 0 aromatic rings. The van der Waals surface area contributed by atoms with Crippen LogP contribution in [0.25, 0.3) is 0 Å². The van der Waals surface area contributed by atoms with Crippen molar-refractivity contribution >= 4 is 23.6 Å². The third-order valence-electron chi connectivity index (χ3n) is 3.47. The van der Waals surface area contributed by atoms with E-state index in [1.165, 1.54) is 20.8 Å². The van der Waals surface area contributed by atoms with Crippen LogP contribution in [-0.2, 0) is 19.2 Å². The summed E-state index contributed by atoms with van der Waals surface area (Å²) in [4.78, 5) is 45.5. The molecule has 0 fully saturated rings. The molecule has 0 bridgehead atoms. The number of carboxylic acids is 2. The molecule has 0 aromatic carbocycles. The average Bonchev–Trinajstić information content (AvgIpc) is 2.31. The molecule has 0 aromatic heterocycles. The topological polar surface area (TPSA) is 121 Å². The number of rotatable bonds is 9. The van der Waals surface area contributed by atoms with Crippen LogP contribution >= 0.6 is 0 Å². The summed E-state index contributed by atoms with van der Waals surface area (Å²) >= 11 is 0. The smallest absolute Gasteiger partial charge is 0.326 e. The fourth-order valence-electron chi connectivity index (χ4n) is 2.22. The van der Waals surface area contributed by atoms with Gasteiger partial charge in [-0.25, -0.2) is 4.79 Å². The quantitative estimate of drug-likeness (QED) is 0.592. The van der Waals surface area contributed by atoms with Crippen molar-refractivity contribution in [1.29, 1.82) is 0 Å². The predicted octanol–water partition coefficient (Wildman–Crippen LogP) is 1.45. The molecule has 3 N–H and O–H groups in total. The third kappa shape index (κ3) is 6.24. The van der Waals surface area contributed by atoms with E-state index in [2.05, 4.69) is 5.32 Å². The monoisotopic (exact) mass is 315 g/mol. The minimum absolute atomic E-state index is 0.00874. The van der Waals surface area contributed by atoms with Crippen molar-refractivity contribution in [3.8, 4) is 0 Å². The SMILES string of the molecule is CC(=O)CCC(NC(=O)C(C)(C)CC(C)(C)C(=O)O)C(=O)O. The van der Waals surface area contributed by atoms with Gasteiger partial charge in [0.05, 0.1) is 5.41 Å². The highest BCUT2D eigenvalue weighted by molar-refractivity contribution is 5.88. The highest BCUT2D eigenvalue weighted by Gasteiger charge is 2.40. The molecule has 7 nitrogen and oxygen atoms in total. The Kier molecular flexibility index (Phi) is 6.73. The van der Waals surface area contributed by atoms with Gasteiger partial charge in [0.2, 0.25) is 5.91 Å². The van der Waals surface area contributed by atoms with Gasteiger partial charge in [0.15, 0.2) is 0 Å². The van der Waals surface area contributed by atoms with Gasteiger partial charge in [-0.05, 0) is 33.6 Å². The molecular weight excluding hydrogens is 290 g/mol.